The molecule has 0 fully saturated rings. The molecule has 9 heteroatoms. The zero-order valence-corrected chi connectivity index (χ0v) is 18.5. The van der Waals surface area contributed by atoms with Crippen molar-refractivity contribution >= 4 is 46.6 Å². The third kappa shape index (κ3) is 4.86. The first-order valence-electron chi connectivity index (χ1n) is 8.93. The Kier molecular flexibility index (Phi) is 7.05. The van der Waals surface area contributed by atoms with E-state index in [1.165, 1.54) is 11.8 Å². The van der Waals surface area contributed by atoms with Gasteiger partial charge in [0.2, 0.25) is 5.91 Å². The number of ether oxygens (including phenoxy) is 1. The van der Waals surface area contributed by atoms with E-state index in [1.54, 1.807) is 32.2 Å². The molecule has 0 aliphatic heterocycles. The van der Waals surface area contributed by atoms with Gasteiger partial charge in [0.1, 0.15) is 5.75 Å². The summed E-state index contributed by atoms with van der Waals surface area (Å²) >= 11 is 13.4. The third-order valence-electron chi connectivity index (χ3n) is 4.22. The molecule has 1 amide bonds. The lowest BCUT2D eigenvalue weighted by atomic mass is 10.2. The number of amides is 1. The standard InChI is InChI=1S/C20H20Cl2N4O2S/c1-4-26-18(14-7-5-6-8-17(14)28-3)24-25-20(26)29-12(2)19(27)23-16-11-13(21)9-10-15(16)22/h5-12H,4H2,1-3H3,(H,23,27). The van der Waals surface area contributed by atoms with Crippen molar-refractivity contribution in [2.75, 3.05) is 12.4 Å². The molecule has 0 saturated carbocycles. The van der Waals surface area contributed by atoms with Crippen LogP contribution < -0.4 is 10.1 Å². The number of methoxy groups -OCH3 is 1. The van der Waals surface area contributed by atoms with Gasteiger partial charge in [0.15, 0.2) is 11.0 Å². The summed E-state index contributed by atoms with van der Waals surface area (Å²) in [6.45, 7) is 4.45. The summed E-state index contributed by atoms with van der Waals surface area (Å²) in [7, 11) is 1.62. The molecule has 29 heavy (non-hydrogen) atoms. The van der Waals surface area contributed by atoms with E-state index in [9.17, 15) is 4.79 Å². The lowest BCUT2D eigenvalue weighted by Gasteiger charge is -2.14. The smallest absolute Gasteiger partial charge is 0.237 e. The van der Waals surface area contributed by atoms with Gasteiger partial charge in [0.25, 0.3) is 0 Å². The zero-order valence-electron chi connectivity index (χ0n) is 16.1. The number of carbonyl (C=O) groups excluding carboxylic acids is 1. The highest BCUT2D eigenvalue weighted by Gasteiger charge is 2.22. The molecule has 0 aliphatic rings. The molecule has 1 atom stereocenters. The summed E-state index contributed by atoms with van der Waals surface area (Å²) in [5.41, 5.74) is 1.32. The van der Waals surface area contributed by atoms with E-state index >= 15 is 0 Å². The van der Waals surface area contributed by atoms with E-state index in [2.05, 4.69) is 15.5 Å². The average molecular weight is 451 g/mol. The fraction of sp³-hybridized carbons (Fsp3) is 0.250. The van der Waals surface area contributed by atoms with Crippen molar-refractivity contribution in [3.8, 4) is 17.1 Å². The van der Waals surface area contributed by atoms with Gasteiger partial charge >= 0.3 is 0 Å². The fourth-order valence-corrected chi connectivity index (χ4v) is 3.98. The monoisotopic (exact) mass is 450 g/mol. The Morgan fingerprint density at radius 2 is 2.00 bits per heavy atom. The second kappa shape index (κ2) is 9.52. The molecule has 0 aliphatic carbocycles. The van der Waals surface area contributed by atoms with Crippen LogP contribution in [0.3, 0.4) is 0 Å². The van der Waals surface area contributed by atoms with Crippen molar-refractivity contribution in [1.29, 1.82) is 0 Å². The SMILES string of the molecule is CCn1c(SC(C)C(=O)Nc2cc(Cl)ccc2Cl)nnc1-c1ccccc1OC. The van der Waals surface area contributed by atoms with Crippen LogP contribution in [0.2, 0.25) is 10.0 Å². The van der Waals surface area contributed by atoms with Gasteiger partial charge in [0, 0.05) is 11.6 Å². The number of aromatic nitrogens is 3. The highest BCUT2D eigenvalue weighted by atomic mass is 35.5. The molecule has 1 unspecified atom stereocenters. The highest BCUT2D eigenvalue weighted by molar-refractivity contribution is 8.00. The number of hydrogen-bond donors (Lipinski definition) is 1. The molecule has 6 nitrogen and oxygen atoms in total. The van der Waals surface area contributed by atoms with Gasteiger partial charge in [0.05, 0.1) is 28.6 Å². The topological polar surface area (TPSA) is 69.0 Å². The molecule has 3 aromatic rings. The molecule has 0 saturated heterocycles. The van der Waals surface area contributed by atoms with Crippen molar-refractivity contribution in [1.82, 2.24) is 14.8 Å². The van der Waals surface area contributed by atoms with Gasteiger partial charge in [-0.2, -0.15) is 0 Å². The average Bonchev–Trinajstić information content (AvgIpc) is 3.12. The number of halogens is 2. The maximum Gasteiger partial charge on any atom is 0.237 e. The fourth-order valence-electron chi connectivity index (χ4n) is 2.73. The predicted molar refractivity (Wildman–Crippen MR) is 118 cm³/mol. The number of para-hydroxylation sites is 1. The van der Waals surface area contributed by atoms with Crippen LogP contribution in [-0.2, 0) is 11.3 Å². The molecule has 1 aromatic heterocycles. The zero-order chi connectivity index (χ0) is 21.0. The highest BCUT2D eigenvalue weighted by Crippen LogP contribution is 2.32. The van der Waals surface area contributed by atoms with Crippen LogP contribution in [0.4, 0.5) is 5.69 Å². The van der Waals surface area contributed by atoms with Crippen molar-refractivity contribution in [3.05, 3.63) is 52.5 Å². The molecule has 1 heterocycles. The lowest BCUT2D eigenvalue weighted by molar-refractivity contribution is -0.115. The quantitative estimate of drug-likeness (QED) is 0.487. The molecule has 3 rings (SSSR count). The minimum Gasteiger partial charge on any atom is -0.496 e. The van der Waals surface area contributed by atoms with Gasteiger partial charge in [-0.1, -0.05) is 47.1 Å². The Bertz CT molecular complexity index is 1030. The minimum absolute atomic E-state index is 0.205. The Morgan fingerprint density at radius 3 is 2.72 bits per heavy atom. The van der Waals surface area contributed by atoms with Crippen LogP contribution in [0.1, 0.15) is 13.8 Å². The van der Waals surface area contributed by atoms with Gasteiger partial charge in [-0.3, -0.25) is 4.79 Å². The third-order valence-corrected chi connectivity index (χ3v) is 5.86. The molecule has 0 spiro atoms. The Hall–Kier alpha value is -2.22. The molecule has 152 valence electrons. The van der Waals surface area contributed by atoms with E-state index in [0.29, 0.717) is 39.0 Å². The molecule has 0 bridgehead atoms. The number of anilines is 1. The predicted octanol–water partition coefficient (Wildman–Crippen LogP) is 5.40. The molecular weight excluding hydrogens is 431 g/mol. The summed E-state index contributed by atoms with van der Waals surface area (Å²) in [6, 6.07) is 12.6. The first-order valence-corrected chi connectivity index (χ1v) is 10.6. The Labute approximate surface area is 183 Å². The van der Waals surface area contributed by atoms with Gasteiger partial charge < -0.3 is 14.6 Å². The molecule has 1 N–H and O–H groups in total. The van der Waals surface area contributed by atoms with Crippen LogP contribution in [0.15, 0.2) is 47.6 Å². The first-order chi connectivity index (χ1) is 13.9. The van der Waals surface area contributed by atoms with Gasteiger partial charge in [-0.05, 0) is 44.2 Å². The summed E-state index contributed by atoms with van der Waals surface area (Å²) in [5, 5.41) is 12.6. The number of benzene rings is 2. The van der Waals surface area contributed by atoms with Crippen LogP contribution in [-0.4, -0.2) is 33.0 Å². The van der Waals surface area contributed by atoms with Crippen molar-refractivity contribution in [2.45, 2.75) is 30.8 Å². The molecule has 0 radical (unpaired) electrons. The molecular formula is C20H20Cl2N4O2S. The number of hydrogen-bond acceptors (Lipinski definition) is 5. The Morgan fingerprint density at radius 1 is 1.24 bits per heavy atom. The number of nitrogens with zero attached hydrogens (tertiary/aromatic N) is 3. The van der Waals surface area contributed by atoms with E-state index in [0.717, 1.165) is 5.56 Å². The van der Waals surface area contributed by atoms with Crippen LogP contribution in [0.5, 0.6) is 5.75 Å². The maximum absolute atomic E-state index is 12.6. The van der Waals surface area contributed by atoms with Crippen LogP contribution >= 0.6 is 35.0 Å². The normalized spacial score (nSPS) is 11.9. The van der Waals surface area contributed by atoms with Gasteiger partial charge in [-0.15, -0.1) is 10.2 Å². The first kappa shape index (κ1) is 21.5. The van der Waals surface area contributed by atoms with Crippen molar-refractivity contribution in [3.63, 3.8) is 0 Å². The van der Waals surface area contributed by atoms with Crippen molar-refractivity contribution in [2.24, 2.45) is 0 Å². The van der Waals surface area contributed by atoms with E-state index in [1.807, 2.05) is 35.8 Å². The number of rotatable bonds is 7. The van der Waals surface area contributed by atoms with Crippen molar-refractivity contribution < 1.29 is 9.53 Å². The number of nitrogens with one attached hydrogen (secondary N) is 1. The molecule has 2 aromatic carbocycles. The largest absolute Gasteiger partial charge is 0.496 e. The second-order valence-electron chi connectivity index (χ2n) is 6.12. The summed E-state index contributed by atoms with van der Waals surface area (Å²) in [5.74, 6) is 1.20. The Balaban J connectivity index is 1.80. The second-order valence-corrected chi connectivity index (χ2v) is 8.28. The number of carbonyl (C=O) groups is 1. The van der Waals surface area contributed by atoms with Crippen LogP contribution in [0.25, 0.3) is 11.4 Å². The minimum atomic E-state index is -0.426. The van der Waals surface area contributed by atoms with E-state index < -0.39 is 5.25 Å². The van der Waals surface area contributed by atoms with Crippen LogP contribution in [0, 0.1) is 0 Å². The maximum atomic E-state index is 12.6. The lowest BCUT2D eigenvalue weighted by Crippen LogP contribution is -2.23. The summed E-state index contributed by atoms with van der Waals surface area (Å²) in [4.78, 5) is 12.6. The summed E-state index contributed by atoms with van der Waals surface area (Å²) in [6.07, 6.45) is 0. The van der Waals surface area contributed by atoms with Gasteiger partial charge in [-0.25, -0.2) is 0 Å². The van der Waals surface area contributed by atoms with E-state index in [4.69, 9.17) is 27.9 Å². The summed E-state index contributed by atoms with van der Waals surface area (Å²) < 4.78 is 7.40. The number of thioether (sulfide) groups is 1. The van der Waals surface area contributed by atoms with E-state index in [-0.39, 0.29) is 5.91 Å².